The molecule has 3 atom stereocenters. The van der Waals surface area contributed by atoms with Gasteiger partial charge in [0.15, 0.2) is 0 Å². The number of phenols is 1. The maximum Gasteiger partial charge on any atom is 0.408 e. The van der Waals surface area contributed by atoms with Gasteiger partial charge in [-0.2, -0.15) is 12.6 Å². The summed E-state index contributed by atoms with van der Waals surface area (Å²) in [7, 11) is 0. The van der Waals surface area contributed by atoms with Crippen molar-refractivity contribution in [3.05, 3.63) is 65.2 Å². The van der Waals surface area contributed by atoms with Crippen LogP contribution in [0.3, 0.4) is 0 Å². The van der Waals surface area contributed by atoms with Crippen molar-refractivity contribution in [2.75, 3.05) is 12.3 Å². The zero-order valence-corrected chi connectivity index (χ0v) is 27.2. The number of likely N-dealkylation sites (N-methyl/N-ethyl adjacent to an activating group) is 1. The number of hydrogen-bond donors (Lipinski definition) is 4. The third-order valence-corrected chi connectivity index (χ3v) is 6.55. The van der Waals surface area contributed by atoms with Crippen LogP contribution in [0, 0.1) is 6.92 Å². The minimum absolute atomic E-state index is 0.0211. The highest BCUT2D eigenvalue weighted by molar-refractivity contribution is 7.80. The number of thiol groups is 1. The van der Waals surface area contributed by atoms with E-state index in [0.717, 1.165) is 5.56 Å². The minimum atomic E-state index is -1.22. The third-order valence-electron chi connectivity index (χ3n) is 6.18. The van der Waals surface area contributed by atoms with E-state index < -0.39 is 53.2 Å². The molecule has 0 heterocycles. The number of aryl methyl sites for hydroxylation is 1. The number of benzene rings is 2. The highest BCUT2D eigenvalue weighted by atomic mass is 32.1. The van der Waals surface area contributed by atoms with Crippen molar-refractivity contribution < 1.29 is 33.8 Å². The lowest BCUT2D eigenvalue weighted by molar-refractivity contribution is -0.159. The summed E-state index contributed by atoms with van der Waals surface area (Å²) in [5, 5.41) is 15.5. The fraction of sp³-hybridized carbons (Fsp3) is 0.500. The Morgan fingerprint density at radius 3 is 2.02 bits per heavy atom. The summed E-state index contributed by atoms with van der Waals surface area (Å²) in [5.74, 6) is -1.88. The van der Waals surface area contributed by atoms with E-state index in [9.17, 15) is 24.3 Å². The van der Waals surface area contributed by atoms with Crippen LogP contribution in [0.15, 0.2) is 48.5 Å². The Morgan fingerprint density at radius 1 is 0.907 bits per heavy atom. The lowest BCUT2D eigenvalue weighted by atomic mass is 9.99. The van der Waals surface area contributed by atoms with Crippen LogP contribution < -0.4 is 10.6 Å². The highest BCUT2D eigenvalue weighted by Gasteiger charge is 2.37. The maximum absolute atomic E-state index is 14.1. The van der Waals surface area contributed by atoms with Crippen LogP contribution in [0.4, 0.5) is 4.79 Å². The molecule has 0 spiro atoms. The van der Waals surface area contributed by atoms with Crippen LogP contribution in [-0.2, 0) is 30.3 Å². The van der Waals surface area contributed by atoms with E-state index >= 15 is 0 Å². The molecular formula is C32H45N3O7S. The average Bonchev–Trinajstić information content (AvgIpc) is 2.89. The molecule has 0 aliphatic heterocycles. The molecule has 11 heteroatoms. The Morgan fingerprint density at radius 2 is 1.51 bits per heavy atom. The first kappa shape index (κ1) is 35.5. The molecule has 3 amide bonds. The standard InChI is InChI=1S/C32H45N3O7S/c1-9-35(28(38)24(19-43)34-30(40)42-32(6,7)8)26(22-15-16-25(36)20(2)17-22)27(37)33-23(29(39)41-31(3,4)5)18-21-13-11-10-12-14-21/h10-17,23-24,26,36,43H,9,18-19H2,1-8H3,(H,33,37)(H,34,40). The van der Waals surface area contributed by atoms with Crippen molar-refractivity contribution in [3.63, 3.8) is 0 Å². The molecule has 0 radical (unpaired) electrons. The number of ether oxygens (including phenoxy) is 2. The van der Waals surface area contributed by atoms with Gasteiger partial charge in [0.05, 0.1) is 0 Å². The van der Waals surface area contributed by atoms with E-state index in [0.29, 0.717) is 11.1 Å². The van der Waals surface area contributed by atoms with Gasteiger partial charge in [0.2, 0.25) is 11.8 Å². The van der Waals surface area contributed by atoms with Crippen LogP contribution >= 0.6 is 12.6 Å². The van der Waals surface area contributed by atoms with E-state index in [-0.39, 0.29) is 24.5 Å². The van der Waals surface area contributed by atoms with Crippen LogP contribution in [0.5, 0.6) is 5.75 Å². The number of alkyl carbamates (subject to hydrolysis) is 1. The summed E-state index contributed by atoms with van der Waals surface area (Å²) in [5.41, 5.74) is 0.101. The Balaban J connectivity index is 2.51. The van der Waals surface area contributed by atoms with Gasteiger partial charge in [-0.25, -0.2) is 9.59 Å². The molecule has 2 aromatic rings. The summed E-state index contributed by atoms with van der Waals surface area (Å²) in [6.45, 7) is 13.8. The molecule has 0 saturated heterocycles. The van der Waals surface area contributed by atoms with Gasteiger partial charge < -0.3 is 30.1 Å². The van der Waals surface area contributed by atoms with Crippen LogP contribution in [0.2, 0.25) is 0 Å². The van der Waals surface area contributed by atoms with E-state index in [4.69, 9.17) is 9.47 Å². The molecule has 0 bridgehead atoms. The Bertz CT molecular complexity index is 1270. The smallest absolute Gasteiger partial charge is 0.408 e. The first-order chi connectivity index (χ1) is 20.0. The monoisotopic (exact) mass is 615 g/mol. The fourth-order valence-electron chi connectivity index (χ4n) is 4.29. The van der Waals surface area contributed by atoms with Gasteiger partial charge in [-0.1, -0.05) is 36.4 Å². The maximum atomic E-state index is 14.1. The highest BCUT2D eigenvalue weighted by Crippen LogP contribution is 2.27. The molecule has 2 aromatic carbocycles. The Hall–Kier alpha value is -3.73. The first-order valence-corrected chi connectivity index (χ1v) is 14.9. The summed E-state index contributed by atoms with van der Waals surface area (Å²) >= 11 is 4.28. The molecule has 43 heavy (non-hydrogen) atoms. The summed E-state index contributed by atoms with van der Waals surface area (Å²) in [4.78, 5) is 55.1. The number of nitrogens with one attached hydrogen (secondary N) is 2. The van der Waals surface area contributed by atoms with Gasteiger partial charge in [0, 0.05) is 18.7 Å². The van der Waals surface area contributed by atoms with Gasteiger partial charge in [0.25, 0.3) is 0 Å². The number of phenolic OH excluding ortho intramolecular Hbond substituents is 1. The molecule has 0 fully saturated rings. The molecular weight excluding hydrogens is 570 g/mol. The van der Waals surface area contributed by atoms with Gasteiger partial charge in [-0.15, -0.1) is 0 Å². The molecule has 236 valence electrons. The lowest BCUT2D eigenvalue weighted by Crippen LogP contribution is -2.55. The van der Waals surface area contributed by atoms with Gasteiger partial charge >= 0.3 is 12.1 Å². The van der Waals surface area contributed by atoms with E-state index in [1.165, 1.54) is 11.0 Å². The van der Waals surface area contributed by atoms with Crippen molar-refractivity contribution in [2.24, 2.45) is 0 Å². The molecule has 2 rings (SSSR count). The number of carbonyl (C=O) groups excluding carboxylic acids is 4. The number of nitrogens with zero attached hydrogens (tertiary/aromatic N) is 1. The van der Waals surface area contributed by atoms with Gasteiger partial charge in [-0.05, 0) is 84.2 Å². The van der Waals surface area contributed by atoms with E-state index in [2.05, 4.69) is 23.3 Å². The average molecular weight is 616 g/mol. The van der Waals surface area contributed by atoms with Crippen LogP contribution in [0.25, 0.3) is 0 Å². The van der Waals surface area contributed by atoms with E-state index in [1.807, 2.05) is 30.3 Å². The largest absolute Gasteiger partial charge is 0.508 e. The van der Waals surface area contributed by atoms with Crippen LogP contribution in [-0.4, -0.2) is 69.5 Å². The molecule has 3 unspecified atom stereocenters. The third kappa shape index (κ3) is 11.1. The number of esters is 1. The number of aromatic hydroxyl groups is 1. The summed E-state index contributed by atoms with van der Waals surface area (Å²) < 4.78 is 10.9. The van der Waals surface area contributed by atoms with Crippen molar-refractivity contribution in [1.82, 2.24) is 15.5 Å². The second kappa shape index (κ2) is 15.1. The molecule has 0 saturated carbocycles. The second-order valence-electron chi connectivity index (χ2n) is 12.2. The van der Waals surface area contributed by atoms with Crippen molar-refractivity contribution in [1.29, 1.82) is 0 Å². The molecule has 3 N–H and O–H groups in total. The fourth-order valence-corrected chi connectivity index (χ4v) is 4.54. The Kier molecular flexibility index (Phi) is 12.5. The van der Waals surface area contributed by atoms with Crippen molar-refractivity contribution >= 4 is 36.5 Å². The topological polar surface area (TPSA) is 134 Å². The van der Waals surface area contributed by atoms with E-state index in [1.54, 1.807) is 67.5 Å². The summed E-state index contributed by atoms with van der Waals surface area (Å²) in [6, 6.07) is 10.4. The number of amides is 3. The van der Waals surface area contributed by atoms with Crippen molar-refractivity contribution in [2.45, 2.75) is 91.1 Å². The normalized spacial score (nSPS) is 13.7. The zero-order valence-electron chi connectivity index (χ0n) is 26.3. The van der Waals surface area contributed by atoms with Gasteiger partial charge in [-0.3, -0.25) is 9.59 Å². The quantitative estimate of drug-likeness (QED) is 0.216. The molecule has 0 aromatic heterocycles. The lowest BCUT2D eigenvalue weighted by Gasteiger charge is -2.34. The predicted molar refractivity (Wildman–Crippen MR) is 168 cm³/mol. The zero-order chi connectivity index (χ0) is 32.5. The molecule has 10 nitrogen and oxygen atoms in total. The minimum Gasteiger partial charge on any atom is -0.508 e. The predicted octanol–water partition coefficient (Wildman–Crippen LogP) is 4.48. The molecule has 0 aliphatic rings. The Labute approximate surface area is 259 Å². The summed E-state index contributed by atoms with van der Waals surface area (Å²) in [6.07, 6.45) is -0.646. The van der Waals surface area contributed by atoms with Crippen LogP contribution in [0.1, 0.15) is 71.2 Å². The first-order valence-electron chi connectivity index (χ1n) is 14.2. The SMILES string of the molecule is CCN(C(=O)C(CS)NC(=O)OC(C)(C)C)C(C(=O)NC(Cc1ccccc1)C(=O)OC(C)(C)C)c1ccc(O)c(C)c1. The van der Waals surface area contributed by atoms with Crippen molar-refractivity contribution in [3.8, 4) is 5.75 Å². The number of hydrogen-bond acceptors (Lipinski definition) is 8. The van der Waals surface area contributed by atoms with Gasteiger partial charge in [0.1, 0.15) is 35.1 Å². The molecule has 0 aliphatic carbocycles. The number of rotatable bonds is 11. The second-order valence-corrected chi connectivity index (χ2v) is 12.6. The number of carbonyl (C=O) groups is 4.